The molecular formula is C21H27N3O3. The number of hydrogen-bond acceptors (Lipinski definition) is 5. The quantitative estimate of drug-likeness (QED) is 0.845. The molecule has 1 N–H and O–H groups in total. The molecule has 144 valence electrons. The molecule has 0 radical (unpaired) electrons. The van der Waals surface area contributed by atoms with Crippen LogP contribution in [0.4, 0.5) is 0 Å². The zero-order valence-corrected chi connectivity index (χ0v) is 15.9. The predicted molar refractivity (Wildman–Crippen MR) is 102 cm³/mol. The molecule has 6 nitrogen and oxygen atoms in total. The van der Waals surface area contributed by atoms with Crippen molar-refractivity contribution in [1.29, 1.82) is 0 Å². The van der Waals surface area contributed by atoms with Crippen LogP contribution in [0.1, 0.15) is 44.3 Å². The maximum absolute atomic E-state index is 13.1. The topological polar surface area (TPSA) is 67.6 Å². The average Bonchev–Trinajstić information content (AvgIpc) is 3.47. The van der Waals surface area contributed by atoms with E-state index in [1.165, 1.54) is 12.8 Å². The molecule has 27 heavy (non-hydrogen) atoms. The van der Waals surface area contributed by atoms with Crippen molar-refractivity contribution in [3.05, 3.63) is 36.1 Å². The molecule has 4 rings (SSSR count). The normalized spacial score (nSPS) is 19.3. The van der Waals surface area contributed by atoms with Gasteiger partial charge < -0.3 is 14.6 Å². The number of nitrogens with zero attached hydrogens (tertiary/aromatic N) is 2. The van der Waals surface area contributed by atoms with Crippen LogP contribution in [0.2, 0.25) is 0 Å². The van der Waals surface area contributed by atoms with Crippen LogP contribution in [-0.2, 0) is 11.3 Å². The Morgan fingerprint density at radius 2 is 2.00 bits per heavy atom. The molecule has 0 spiro atoms. The SMILES string of the molecule is COc1cccc(-c2cc(CNC(=O)C3(N4CCCC4)CCCC3)on2)c1. The molecule has 1 aliphatic heterocycles. The molecule has 0 bridgehead atoms. The van der Waals surface area contributed by atoms with Gasteiger partial charge in [-0.15, -0.1) is 0 Å². The predicted octanol–water partition coefficient (Wildman–Crippen LogP) is 3.38. The van der Waals surface area contributed by atoms with E-state index in [1.807, 2.05) is 30.3 Å². The Morgan fingerprint density at radius 3 is 2.74 bits per heavy atom. The van der Waals surface area contributed by atoms with Gasteiger partial charge in [-0.3, -0.25) is 9.69 Å². The minimum absolute atomic E-state index is 0.140. The Bertz CT molecular complexity index is 789. The molecule has 2 heterocycles. The fraction of sp³-hybridized carbons (Fsp3) is 0.524. The summed E-state index contributed by atoms with van der Waals surface area (Å²) in [4.78, 5) is 15.5. The third-order valence-electron chi connectivity index (χ3n) is 5.91. The van der Waals surface area contributed by atoms with Gasteiger partial charge in [0.25, 0.3) is 0 Å². The molecule has 1 aromatic heterocycles. The van der Waals surface area contributed by atoms with Crippen LogP contribution < -0.4 is 10.1 Å². The van der Waals surface area contributed by atoms with Crippen LogP contribution in [0.5, 0.6) is 5.75 Å². The average molecular weight is 369 g/mol. The summed E-state index contributed by atoms with van der Waals surface area (Å²) in [5, 5.41) is 7.25. The van der Waals surface area contributed by atoms with Crippen LogP contribution >= 0.6 is 0 Å². The van der Waals surface area contributed by atoms with E-state index in [4.69, 9.17) is 9.26 Å². The second-order valence-electron chi connectivity index (χ2n) is 7.53. The van der Waals surface area contributed by atoms with Gasteiger partial charge in [0, 0.05) is 11.6 Å². The summed E-state index contributed by atoms with van der Waals surface area (Å²) in [6, 6.07) is 9.57. The number of ether oxygens (including phenoxy) is 1. The third-order valence-corrected chi connectivity index (χ3v) is 5.91. The maximum Gasteiger partial charge on any atom is 0.240 e. The summed E-state index contributed by atoms with van der Waals surface area (Å²) < 4.78 is 10.7. The summed E-state index contributed by atoms with van der Waals surface area (Å²) >= 11 is 0. The van der Waals surface area contributed by atoms with Crippen molar-refractivity contribution in [2.45, 2.75) is 50.6 Å². The summed E-state index contributed by atoms with van der Waals surface area (Å²) in [6.45, 7) is 2.44. The Labute approximate surface area is 159 Å². The van der Waals surface area contributed by atoms with Crippen LogP contribution in [-0.4, -0.2) is 41.7 Å². The number of amides is 1. The van der Waals surface area contributed by atoms with Gasteiger partial charge in [-0.25, -0.2) is 0 Å². The zero-order valence-electron chi connectivity index (χ0n) is 15.9. The number of carbonyl (C=O) groups is 1. The van der Waals surface area contributed by atoms with Crippen molar-refractivity contribution in [2.75, 3.05) is 20.2 Å². The molecule has 1 saturated carbocycles. The van der Waals surface area contributed by atoms with E-state index in [9.17, 15) is 4.79 Å². The van der Waals surface area contributed by atoms with Gasteiger partial charge in [0.2, 0.25) is 5.91 Å². The molecule has 2 fully saturated rings. The molecule has 1 amide bonds. The van der Waals surface area contributed by atoms with Crippen molar-refractivity contribution in [2.24, 2.45) is 0 Å². The lowest BCUT2D eigenvalue weighted by Crippen LogP contribution is -2.56. The maximum atomic E-state index is 13.1. The molecule has 1 aromatic carbocycles. The smallest absolute Gasteiger partial charge is 0.240 e. The van der Waals surface area contributed by atoms with Gasteiger partial charge in [0.1, 0.15) is 17.0 Å². The molecular weight excluding hydrogens is 342 g/mol. The van der Waals surface area contributed by atoms with Gasteiger partial charge >= 0.3 is 0 Å². The highest BCUT2D eigenvalue weighted by Crippen LogP contribution is 2.37. The van der Waals surface area contributed by atoms with Crippen molar-refractivity contribution >= 4 is 5.91 Å². The van der Waals surface area contributed by atoms with Gasteiger partial charge in [0.05, 0.1) is 13.7 Å². The van der Waals surface area contributed by atoms with Crippen LogP contribution in [0.15, 0.2) is 34.9 Å². The van der Waals surface area contributed by atoms with E-state index in [2.05, 4.69) is 15.4 Å². The lowest BCUT2D eigenvalue weighted by molar-refractivity contribution is -0.133. The van der Waals surface area contributed by atoms with Gasteiger partial charge in [-0.2, -0.15) is 0 Å². The minimum atomic E-state index is -0.313. The highest BCUT2D eigenvalue weighted by atomic mass is 16.5. The summed E-state index contributed by atoms with van der Waals surface area (Å²) in [5.74, 6) is 1.58. The van der Waals surface area contributed by atoms with E-state index in [1.54, 1.807) is 7.11 Å². The molecule has 1 aliphatic carbocycles. The number of rotatable bonds is 6. The monoisotopic (exact) mass is 369 g/mol. The fourth-order valence-electron chi connectivity index (χ4n) is 4.44. The Morgan fingerprint density at radius 1 is 1.22 bits per heavy atom. The number of carbonyl (C=O) groups excluding carboxylic acids is 1. The summed E-state index contributed by atoms with van der Waals surface area (Å²) in [7, 11) is 1.64. The summed E-state index contributed by atoms with van der Waals surface area (Å²) in [6.07, 6.45) is 6.58. The van der Waals surface area contributed by atoms with Gasteiger partial charge in [-0.05, 0) is 50.9 Å². The molecule has 0 atom stereocenters. The standard InChI is InChI=1S/C21H27N3O3/c1-26-17-8-6-7-16(13-17)19-14-18(27-23-19)15-22-20(25)21(9-2-3-10-21)24-11-4-5-12-24/h6-8,13-14H,2-5,9-12,15H2,1H3,(H,22,25). The number of hydrogen-bond donors (Lipinski definition) is 1. The number of likely N-dealkylation sites (tertiary alicyclic amines) is 1. The van der Waals surface area contributed by atoms with E-state index in [0.717, 1.165) is 55.8 Å². The highest BCUT2D eigenvalue weighted by Gasteiger charge is 2.46. The molecule has 1 saturated heterocycles. The number of benzene rings is 1. The first-order valence-electron chi connectivity index (χ1n) is 9.85. The first-order valence-corrected chi connectivity index (χ1v) is 9.85. The van der Waals surface area contributed by atoms with E-state index in [-0.39, 0.29) is 11.4 Å². The van der Waals surface area contributed by atoms with Crippen molar-refractivity contribution < 1.29 is 14.1 Å². The van der Waals surface area contributed by atoms with E-state index in [0.29, 0.717) is 12.3 Å². The van der Waals surface area contributed by atoms with Crippen molar-refractivity contribution in [3.63, 3.8) is 0 Å². The van der Waals surface area contributed by atoms with Crippen molar-refractivity contribution in [1.82, 2.24) is 15.4 Å². The second-order valence-corrected chi connectivity index (χ2v) is 7.53. The van der Waals surface area contributed by atoms with E-state index < -0.39 is 0 Å². The van der Waals surface area contributed by atoms with Gasteiger partial charge in [0.15, 0.2) is 5.76 Å². The van der Waals surface area contributed by atoms with Gasteiger partial charge in [-0.1, -0.05) is 30.1 Å². The lowest BCUT2D eigenvalue weighted by atomic mass is 9.94. The van der Waals surface area contributed by atoms with Crippen LogP contribution in [0.3, 0.4) is 0 Å². The third kappa shape index (κ3) is 3.58. The lowest BCUT2D eigenvalue weighted by Gasteiger charge is -2.37. The molecule has 2 aliphatic rings. The Hall–Kier alpha value is -2.34. The zero-order chi connectivity index (χ0) is 18.7. The summed E-state index contributed by atoms with van der Waals surface area (Å²) in [5.41, 5.74) is 1.36. The number of nitrogens with one attached hydrogen (secondary N) is 1. The van der Waals surface area contributed by atoms with Crippen LogP contribution in [0.25, 0.3) is 11.3 Å². The highest BCUT2D eigenvalue weighted by molar-refractivity contribution is 5.86. The van der Waals surface area contributed by atoms with Crippen LogP contribution in [0, 0.1) is 0 Å². The molecule has 2 aromatic rings. The number of methoxy groups -OCH3 is 1. The van der Waals surface area contributed by atoms with E-state index >= 15 is 0 Å². The minimum Gasteiger partial charge on any atom is -0.497 e. The fourth-order valence-corrected chi connectivity index (χ4v) is 4.44. The number of aromatic nitrogens is 1. The molecule has 6 heteroatoms. The van der Waals surface area contributed by atoms with Crippen molar-refractivity contribution in [3.8, 4) is 17.0 Å². The second kappa shape index (κ2) is 7.72. The largest absolute Gasteiger partial charge is 0.497 e. The Balaban J connectivity index is 1.42. The first-order chi connectivity index (χ1) is 13.2. The Kier molecular flexibility index (Phi) is 5.16. The molecule has 0 unspecified atom stereocenters. The first kappa shape index (κ1) is 18.0.